The van der Waals surface area contributed by atoms with Crippen LogP contribution in [0.2, 0.25) is 25.2 Å². The summed E-state index contributed by atoms with van der Waals surface area (Å²) >= 11 is 12.4. The largest absolute Gasteiger partial charge is 0.332 e. The fourth-order valence-corrected chi connectivity index (χ4v) is 10.7. The van der Waals surface area contributed by atoms with E-state index in [0.717, 1.165) is 6.04 Å². The zero-order valence-corrected chi connectivity index (χ0v) is 20.6. The lowest BCUT2D eigenvalue weighted by Crippen LogP contribution is -2.59. The van der Waals surface area contributed by atoms with Crippen LogP contribution in [0.3, 0.4) is 0 Å². The first-order valence-corrected chi connectivity index (χ1v) is 17.5. The second-order valence-electron chi connectivity index (χ2n) is 9.24. The highest BCUT2D eigenvalue weighted by atomic mass is 35.7. The van der Waals surface area contributed by atoms with Gasteiger partial charge in [0.1, 0.15) is 8.24 Å². The Bertz CT molecular complexity index is 619. The number of unbranched alkanes of at least 4 members (excludes halogenated alkanes) is 3. The highest BCUT2D eigenvalue weighted by Crippen LogP contribution is 2.39. The predicted octanol–water partition coefficient (Wildman–Crippen LogP) is 7.41. The lowest BCUT2D eigenvalue weighted by Gasteiger charge is -2.40. The van der Waals surface area contributed by atoms with Crippen LogP contribution < -0.4 is 4.98 Å². The third-order valence-electron chi connectivity index (χ3n) is 5.21. The lowest BCUT2D eigenvalue weighted by atomic mass is 10.1. The first kappa shape index (κ1) is 22.2. The summed E-state index contributed by atoms with van der Waals surface area (Å²) in [6, 6.07) is 11.2. The zero-order valence-electron chi connectivity index (χ0n) is 17.0. The van der Waals surface area contributed by atoms with E-state index < -0.39 is 14.9 Å². The van der Waals surface area contributed by atoms with Crippen molar-refractivity contribution in [2.75, 3.05) is 0 Å². The fraction of sp³-hybridized carbons (Fsp3) is 0.619. The number of halogens is 2. The van der Waals surface area contributed by atoms with Crippen molar-refractivity contribution in [2.45, 2.75) is 82.7 Å². The molecule has 0 amide bonds. The minimum atomic E-state index is -1.92. The fourth-order valence-electron chi connectivity index (χ4n) is 4.24. The standard InChI is InChI=1S/C21H35Cl2NSi2/c1-21(2,3)24-25(4,16-10-6-7-11-17-26(5,22)23)20-15-14-18-12-8-9-13-19(18)20/h8-9,12-15,20,24H,6-7,10-11,16-17H2,1-5H3. The summed E-state index contributed by atoms with van der Waals surface area (Å²) in [5.74, 6) is 0. The molecule has 0 heterocycles. The molecular weight excluding hydrogens is 393 g/mol. The van der Waals surface area contributed by atoms with Gasteiger partial charge >= 0.3 is 0 Å². The monoisotopic (exact) mass is 427 g/mol. The molecule has 0 fully saturated rings. The summed E-state index contributed by atoms with van der Waals surface area (Å²) in [5, 5.41) is 0. The molecule has 1 N–H and O–H groups in total. The average molecular weight is 429 g/mol. The molecular formula is C21H35Cl2NSi2. The summed E-state index contributed by atoms with van der Waals surface area (Å²) in [4.78, 5) is 4.08. The highest BCUT2D eigenvalue weighted by molar-refractivity contribution is 7.44. The van der Waals surface area contributed by atoms with E-state index in [1.807, 2.05) is 6.55 Å². The van der Waals surface area contributed by atoms with Crippen molar-refractivity contribution in [3.63, 3.8) is 0 Å². The van der Waals surface area contributed by atoms with Crippen molar-refractivity contribution in [1.82, 2.24) is 4.98 Å². The number of benzene rings is 1. The van der Waals surface area contributed by atoms with Crippen LogP contribution in [0.4, 0.5) is 0 Å². The number of rotatable bonds is 9. The Labute approximate surface area is 172 Å². The summed E-state index contributed by atoms with van der Waals surface area (Å²) in [7, 11) is -1.68. The van der Waals surface area contributed by atoms with Crippen molar-refractivity contribution in [1.29, 1.82) is 0 Å². The normalized spacial score (nSPS) is 19.4. The molecule has 2 unspecified atom stereocenters. The summed E-state index contributed by atoms with van der Waals surface area (Å²) < 4.78 is 0. The second kappa shape index (κ2) is 8.96. The van der Waals surface area contributed by atoms with Gasteiger partial charge in [-0.05, 0) is 50.5 Å². The van der Waals surface area contributed by atoms with Crippen molar-refractivity contribution in [3.05, 3.63) is 41.5 Å². The molecule has 0 bridgehead atoms. The SMILES string of the molecule is CC(C)(C)N[Si](C)(CCCCCC[Si](C)(Cl)Cl)C1C=Cc2ccccc21. The third-order valence-corrected chi connectivity index (χ3v) is 12.2. The van der Waals surface area contributed by atoms with Gasteiger partial charge in [0.05, 0.1) is 0 Å². The maximum atomic E-state index is 6.22. The van der Waals surface area contributed by atoms with Crippen LogP contribution in [-0.4, -0.2) is 20.5 Å². The van der Waals surface area contributed by atoms with Gasteiger partial charge in [-0.15, -0.1) is 22.2 Å². The van der Waals surface area contributed by atoms with Crippen LogP contribution in [0.1, 0.15) is 63.1 Å². The van der Waals surface area contributed by atoms with Crippen LogP contribution >= 0.6 is 22.2 Å². The van der Waals surface area contributed by atoms with Crippen LogP contribution in [0.15, 0.2) is 30.3 Å². The van der Waals surface area contributed by atoms with Crippen LogP contribution in [0, 0.1) is 0 Å². The summed E-state index contributed by atoms with van der Waals surface area (Å²) in [5.41, 5.74) is 3.64. The molecule has 0 aromatic heterocycles. The van der Waals surface area contributed by atoms with E-state index >= 15 is 0 Å². The number of fused-ring (bicyclic) bond motifs is 1. The molecule has 1 nitrogen and oxygen atoms in total. The Kier molecular flexibility index (Phi) is 7.66. The number of nitrogens with one attached hydrogen (secondary N) is 1. The molecule has 5 heteroatoms. The molecule has 1 aliphatic carbocycles. The van der Waals surface area contributed by atoms with Gasteiger partial charge < -0.3 is 4.98 Å². The first-order valence-electron chi connectivity index (χ1n) is 9.95. The lowest BCUT2D eigenvalue weighted by molar-refractivity contribution is 0.504. The average Bonchev–Trinajstić information content (AvgIpc) is 2.92. The number of allylic oxidation sites excluding steroid dienone is 1. The van der Waals surface area contributed by atoms with Gasteiger partial charge in [0.15, 0.2) is 0 Å². The van der Waals surface area contributed by atoms with Crippen molar-refractivity contribution in [2.24, 2.45) is 0 Å². The molecule has 146 valence electrons. The summed E-state index contributed by atoms with van der Waals surface area (Å²) in [6.07, 6.45) is 9.77. The van der Waals surface area contributed by atoms with Gasteiger partial charge in [-0.3, -0.25) is 0 Å². The van der Waals surface area contributed by atoms with Gasteiger partial charge in [0.2, 0.25) is 6.69 Å². The first-order chi connectivity index (χ1) is 12.0. The van der Waals surface area contributed by atoms with Crippen LogP contribution in [-0.2, 0) is 0 Å². The van der Waals surface area contributed by atoms with Gasteiger partial charge in [0, 0.05) is 11.1 Å². The molecule has 1 aromatic rings. The van der Waals surface area contributed by atoms with E-state index in [9.17, 15) is 0 Å². The highest BCUT2D eigenvalue weighted by Gasteiger charge is 2.40. The predicted molar refractivity (Wildman–Crippen MR) is 124 cm³/mol. The van der Waals surface area contributed by atoms with E-state index in [4.69, 9.17) is 22.2 Å². The molecule has 26 heavy (non-hydrogen) atoms. The second-order valence-corrected chi connectivity index (χ2v) is 21.7. The summed E-state index contributed by atoms with van der Waals surface area (Å²) in [6.45, 7) is 9.55. The Balaban J connectivity index is 1.99. The van der Waals surface area contributed by atoms with E-state index in [-0.39, 0.29) is 5.54 Å². The smallest absolute Gasteiger partial charge is 0.248 e. The maximum Gasteiger partial charge on any atom is 0.248 e. The van der Waals surface area contributed by atoms with Crippen molar-refractivity contribution < 1.29 is 0 Å². The Hall–Kier alpha value is -0.0662. The molecule has 0 radical (unpaired) electrons. The van der Waals surface area contributed by atoms with Gasteiger partial charge in [-0.2, -0.15) is 0 Å². The third kappa shape index (κ3) is 6.83. The molecule has 0 saturated heterocycles. The zero-order chi connectivity index (χ0) is 19.4. The van der Waals surface area contributed by atoms with E-state index in [2.05, 4.69) is 68.7 Å². The number of hydrogen-bond acceptors (Lipinski definition) is 1. The van der Waals surface area contributed by atoms with Gasteiger partial charge in [-0.25, -0.2) is 0 Å². The van der Waals surface area contributed by atoms with Crippen molar-refractivity contribution in [3.8, 4) is 0 Å². The Morgan fingerprint density at radius 2 is 1.58 bits per heavy atom. The minimum Gasteiger partial charge on any atom is -0.332 e. The Morgan fingerprint density at radius 3 is 2.19 bits per heavy atom. The van der Waals surface area contributed by atoms with Gasteiger partial charge in [0.25, 0.3) is 0 Å². The molecule has 0 saturated carbocycles. The molecule has 0 spiro atoms. The van der Waals surface area contributed by atoms with Crippen LogP contribution in [0.25, 0.3) is 6.08 Å². The van der Waals surface area contributed by atoms with E-state index in [1.54, 1.807) is 0 Å². The minimum absolute atomic E-state index is 0.150. The van der Waals surface area contributed by atoms with Crippen molar-refractivity contribution >= 4 is 43.2 Å². The quantitative estimate of drug-likeness (QED) is 0.245. The van der Waals surface area contributed by atoms with Gasteiger partial charge in [-0.1, -0.05) is 68.6 Å². The molecule has 2 atom stereocenters. The maximum absolute atomic E-state index is 6.22. The Morgan fingerprint density at radius 1 is 0.962 bits per heavy atom. The molecule has 2 rings (SSSR count). The molecule has 1 aliphatic rings. The van der Waals surface area contributed by atoms with Crippen LogP contribution in [0.5, 0.6) is 0 Å². The topological polar surface area (TPSA) is 12.0 Å². The van der Waals surface area contributed by atoms with E-state index in [0.29, 0.717) is 5.54 Å². The molecule has 0 aliphatic heterocycles. The molecule has 1 aromatic carbocycles. The van der Waals surface area contributed by atoms with E-state index in [1.165, 1.54) is 42.9 Å². The number of hydrogen-bond donors (Lipinski definition) is 1.